The number of benzene rings is 1. The van der Waals surface area contributed by atoms with Gasteiger partial charge >= 0.3 is 5.69 Å². The van der Waals surface area contributed by atoms with Gasteiger partial charge in [0.25, 0.3) is 5.56 Å². The first kappa shape index (κ1) is 14.6. The summed E-state index contributed by atoms with van der Waals surface area (Å²) in [7, 11) is 0. The Kier molecular flexibility index (Phi) is 4.24. The highest BCUT2D eigenvalue weighted by atomic mass is 19.1. The summed E-state index contributed by atoms with van der Waals surface area (Å²) in [5.41, 5.74) is -1.93. The second-order valence-corrected chi connectivity index (χ2v) is 4.40. The number of aromatic amines is 1. The Balaban J connectivity index is 2.60. The lowest BCUT2D eigenvalue weighted by Crippen LogP contribution is -2.31. The van der Waals surface area contributed by atoms with Crippen molar-refractivity contribution in [2.75, 3.05) is 0 Å². The van der Waals surface area contributed by atoms with Crippen LogP contribution in [-0.2, 0) is 6.54 Å². The molecule has 0 bridgehead atoms. The van der Waals surface area contributed by atoms with Crippen molar-refractivity contribution in [3.8, 4) is 29.4 Å². The van der Waals surface area contributed by atoms with Crippen LogP contribution in [-0.4, -0.2) is 14.7 Å². The van der Waals surface area contributed by atoms with E-state index >= 15 is 0 Å². The third kappa shape index (κ3) is 2.87. The Morgan fingerprint density at radius 2 is 2.05 bits per heavy atom. The third-order valence-corrected chi connectivity index (χ3v) is 3.02. The lowest BCUT2D eigenvalue weighted by atomic mass is 10.1. The van der Waals surface area contributed by atoms with E-state index in [1.54, 1.807) is 0 Å². The van der Waals surface area contributed by atoms with Crippen LogP contribution in [0.1, 0.15) is 12.8 Å². The first-order chi connectivity index (χ1) is 10.1. The highest BCUT2D eigenvalue weighted by Gasteiger charge is 2.18. The van der Waals surface area contributed by atoms with Crippen molar-refractivity contribution in [3.63, 3.8) is 0 Å². The van der Waals surface area contributed by atoms with Gasteiger partial charge < -0.3 is 5.11 Å². The van der Waals surface area contributed by atoms with Crippen LogP contribution in [0.25, 0.3) is 11.1 Å². The van der Waals surface area contributed by atoms with Gasteiger partial charge in [-0.1, -0.05) is 18.2 Å². The summed E-state index contributed by atoms with van der Waals surface area (Å²) in [6.45, 7) is 0.132. The van der Waals surface area contributed by atoms with Gasteiger partial charge in [-0.3, -0.25) is 14.3 Å². The van der Waals surface area contributed by atoms with Crippen LogP contribution >= 0.6 is 0 Å². The molecule has 0 aliphatic heterocycles. The minimum absolute atomic E-state index is 0.0676. The normalized spacial score (nSPS) is 10.3. The quantitative estimate of drug-likeness (QED) is 0.660. The van der Waals surface area contributed by atoms with Crippen molar-refractivity contribution in [3.05, 3.63) is 50.9 Å². The van der Waals surface area contributed by atoms with Crippen molar-refractivity contribution < 1.29 is 9.50 Å². The molecule has 6 heteroatoms. The van der Waals surface area contributed by atoms with Gasteiger partial charge in [0.2, 0.25) is 5.88 Å². The van der Waals surface area contributed by atoms with Gasteiger partial charge in [-0.05, 0) is 12.5 Å². The van der Waals surface area contributed by atoms with E-state index in [0.29, 0.717) is 12.8 Å². The molecule has 0 saturated carbocycles. The number of terminal acetylenes is 1. The predicted molar refractivity (Wildman–Crippen MR) is 76.4 cm³/mol. The summed E-state index contributed by atoms with van der Waals surface area (Å²) in [5.74, 6) is 1.19. The van der Waals surface area contributed by atoms with Crippen molar-refractivity contribution in [2.24, 2.45) is 0 Å². The Morgan fingerprint density at radius 3 is 2.71 bits per heavy atom. The summed E-state index contributed by atoms with van der Waals surface area (Å²) in [4.78, 5) is 25.7. The Hall–Kier alpha value is -2.81. The number of unbranched alkanes of at least 4 members (excludes halogenated alkanes) is 1. The summed E-state index contributed by atoms with van der Waals surface area (Å²) >= 11 is 0. The van der Waals surface area contributed by atoms with Crippen LogP contribution in [0.4, 0.5) is 4.39 Å². The number of nitrogens with one attached hydrogen (secondary N) is 1. The fourth-order valence-corrected chi connectivity index (χ4v) is 2.01. The van der Waals surface area contributed by atoms with Crippen molar-refractivity contribution in [2.45, 2.75) is 19.4 Å². The molecule has 0 spiro atoms. The molecule has 0 aliphatic rings. The molecule has 5 nitrogen and oxygen atoms in total. The zero-order chi connectivity index (χ0) is 15.4. The standard InChI is InChI=1S/C15H13FN2O3/c1-2-3-6-9-18-14(20)12(13(19)17-15(18)21)10-7-4-5-8-11(10)16/h1,4-5,7-8,20H,3,6,9H2,(H,17,19,21). The van der Waals surface area contributed by atoms with Crippen molar-refractivity contribution in [1.29, 1.82) is 0 Å². The molecule has 0 aliphatic carbocycles. The van der Waals surface area contributed by atoms with Gasteiger partial charge in [0.15, 0.2) is 0 Å². The third-order valence-electron chi connectivity index (χ3n) is 3.02. The number of hydrogen-bond acceptors (Lipinski definition) is 3. The van der Waals surface area contributed by atoms with Gasteiger partial charge in [-0.2, -0.15) is 0 Å². The highest BCUT2D eigenvalue weighted by Crippen LogP contribution is 2.26. The SMILES string of the molecule is C#CCCCn1c(O)c(-c2ccccc2F)c(=O)[nH]c1=O. The van der Waals surface area contributed by atoms with Crippen LogP contribution in [0.5, 0.6) is 5.88 Å². The van der Waals surface area contributed by atoms with Gasteiger partial charge in [-0.15, -0.1) is 12.3 Å². The molecule has 108 valence electrons. The maximum absolute atomic E-state index is 13.8. The molecule has 2 aromatic rings. The number of hydrogen-bond donors (Lipinski definition) is 2. The average Bonchev–Trinajstić information content (AvgIpc) is 2.44. The maximum Gasteiger partial charge on any atom is 0.331 e. The largest absolute Gasteiger partial charge is 0.494 e. The molecular weight excluding hydrogens is 275 g/mol. The molecule has 0 radical (unpaired) electrons. The molecular formula is C15H13FN2O3. The fraction of sp³-hybridized carbons (Fsp3) is 0.200. The van der Waals surface area contributed by atoms with Gasteiger partial charge in [-0.25, -0.2) is 9.18 Å². The van der Waals surface area contributed by atoms with Crippen molar-refractivity contribution in [1.82, 2.24) is 9.55 Å². The Bertz CT molecular complexity index is 815. The molecule has 0 amide bonds. The average molecular weight is 288 g/mol. The smallest absolute Gasteiger partial charge is 0.331 e. The van der Waals surface area contributed by atoms with Crippen LogP contribution in [0.2, 0.25) is 0 Å². The number of H-pyrrole nitrogens is 1. The molecule has 0 saturated heterocycles. The van der Waals surface area contributed by atoms with E-state index in [0.717, 1.165) is 4.57 Å². The van der Waals surface area contributed by atoms with E-state index in [1.165, 1.54) is 24.3 Å². The summed E-state index contributed by atoms with van der Waals surface area (Å²) in [5, 5.41) is 10.2. The molecule has 21 heavy (non-hydrogen) atoms. The van der Waals surface area contributed by atoms with Gasteiger partial charge in [0.05, 0.1) is 0 Å². The molecule has 0 unspecified atom stereocenters. The van der Waals surface area contributed by atoms with E-state index in [9.17, 15) is 19.1 Å². The van der Waals surface area contributed by atoms with Gasteiger partial charge in [0.1, 0.15) is 11.4 Å². The minimum Gasteiger partial charge on any atom is -0.494 e. The van der Waals surface area contributed by atoms with E-state index in [2.05, 4.69) is 10.9 Å². The predicted octanol–water partition coefficient (Wildman–Crippen LogP) is 1.46. The lowest BCUT2D eigenvalue weighted by molar-refractivity contribution is 0.399. The second-order valence-electron chi connectivity index (χ2n) is 4.40. The van der Waals surface area contributed by atoms with Crippen LogP contribution in [0.15, 0.2) is 33.9 Å². The van der Waals surface area contributed by atoms with E-state index in [-0.39, 0.29) is 17.7 Å². The zero-order valence-corrected chi connectivity index (χ0v) is 11.1. The lowest BCUT2D eigenvalue weighted by Gasteiger charge is -2.11. The van der Waals surface area contributed by atoms with E-state index in [1.807, 2.05) is 0 Å². The summed E-state index contributed by atoms with van der Waals surface area (Å²) in [6.07, 6.45) is 5.99. The summed E-state index contributed by atoms with van der Waals surface area (Å²) < 4.78 is 14.8. The zero-order valence-electron chi connectivity index (χ0n) is 11.1. The van der Waals surface area contributed by atoms with Crippen LogP contribution < -0.4 is 11.2 Å². The molecule has 1 heterocycles. The number of rotatable bonds is 4. The molecule has 1 aromatic carbocycles. The number of aromatic hydroxyl groups is 1. The molecule has 0 fully saturated rings. The molecule has 1 aromatic heterocycles. The fourth-order valence-electron chi connectivity index (χ4n) is 2.01. The first-order valence-electron chi connectivity index (χ1n) is 6.30. The molecule has 2 rings (SSSR count). The summed E-state index contributed by atoms with van der Waals surface area (Å²) in [6, 6.07) is 5.52. The highest BCUT2D eigenvalue weighted by molar-refractivity contribution is 5.67. The van der Waals surface area contributed by atoms with Crippen LogP contribution in [0, 0.1) is 18.2 Å². The molecule has 0 atom stereocenters. The van der Waals surface area contributed by atoms with Crippen molar-refractivity contribution >= 4 is 0 Å². The number of halogens is 1. The topological polar surface area (TPSA) is 75.1 Å². The monoisotopic (exact) mass is 288 g/mol. The number of nitrogens with zero attached hydrogens (tertiary/aromatic N) is 1. The van der Waals surface area contributed by atoms with E-state index < -0.39 is 22.9 Å². The van der Waals surface area contributed by atoms with Crippen LogP contribution in [0.3, 0.4) is 0 Å². The molecule has 2 N–H and O–H groups in total. The number of aromatic nitrogens is 2. The second kappa shape index (κ2) is 6.09. The van der Waals surface area contributed by atoms with Gasteiger partial charge in [0, 0.05) is 18.5 Å². The minimum atomic E-state index is -0.837. The van der Waals surface area contributed by atoms with E-state index in [4.69, 9.17) is 6.42 Å². The maximum atomic E-state index is 13.8. The Morgan fingerprint density at radius 1 is 1.33 bits per heavy atom. The Labute approximate surface area is 119 Å². The first-order valence-corrected chi connectivity index (χ1v) is 6.30.